The molecule has 1 aliphatic heterocycles. The normalized spacial score (nSPS) is 15.5. The van der Waals surface area contributed by atoms with E-state index < -0.39 is 10.0 Å². The minimum absolute atomic E-state index is 0.00739. The maximum absolute atomic E-state index is 12.6. The van der Waals surface area contributed by atoms with E-state index in [1.165, 1.54) is 31.3 Å². The van der Waals surface area contributed by atoms with Crippen LogP contribution in [0.15, 0.2) is 29.2 Å². The number of nitrogens with zero attached hydrogens (tertiary/aromatic N) is 3. The Kier molecular flexibility index (Phi) is 8.88. The minimum Gasteiger partial charge on any atom is -0.355 e. The van der Waals surface area contributed by atoms with Crippen molar-refractivity contribution in [3.05, 3.63) is 29.3 Å². The highest BCUT2D eigenvalue weighted by Crippen LogP contribution is 2.17. The van der Waals surface area contributed by atoms with Gasteiger partial charge in [-0.15, -0.1) is 0 Å². The Morgan fingerprint density at radius 1 is 1.14 bits per heavy atom. The lowest BCUT2D eigenvalue weighted by Gasteiger charge is -2.35. The average molecular weight is 445 g/mol. The van der Waals surface area contributed by atoms with Crippen LogP contribution in [-0.4, -0.2) is 87.2 Å². The molecular weight excluding hydrogens is 416 g/mol. The lowest BCUT2D eigenvalue weighted by Crippen LogP contribution is -2.53. The molecule has 10 heteroatoms. The summed E-state index contributed by atoms with van der Waals surface area (Å²) in [5.74, 6) is -0.260. The highest BCUT2D eigenvalue weighted by molar-refractivity contribution is 7.89. The highest BCUT2D eigenvalue weighted by atomic mass is 35.5. The van der Waals surface area contributed by atoms with Gasteiger partial charge >= 0.3 is 0 Å². The zero-order chi connectivity index (χ0) is 21.4. The summed E-state index contributed by atoms with van der Waals surface area (Å²) >= 11 is 5.80. The molecule has 0 atom stereocenters. The molecule has 162 valence electrons. The van der Waals surface area contributed by atoms with E-state index in [4.69, 9.17) is 11.6 Å². The van der Waals surface area contributed by atoms with Gasteiger partial charge in [0.05, 0.1) is 18.0 Å². The molecule has 1 N–H and O–H groups in total. The van der Waals surface area contributed by atoms with Crippen LogP contribution in [0.1, 0.15) is 19.8 Å². The molecule has 1 aromatic rings. The summed E-state index contributed by atoms with van der Waals surface area (Å²) in [5.41, 5.74) is 0. The molecule has 0 unspecified atom stereocenters. The Labute approximate surface area is 177 Å². The molecule has 1 fully saturated rings. The molecule has 1 saturated heterocycles. The van der Waals surface area contributed by atoms with Crippen molar-refractivity contribution in [3.63, 3.8) is 0 Å². The number of sulfonamides is 1. The van der Waals surface area contributed by atoms with Gasteiger partial charge in [0.1, 0.15) is 0 Å². The standard InChI is InChI=1S/C19H29ClN4O4S/c1-3-4-9-21-18(25)14-23-10-12-24(13-11-23)19(26)15-22(2)29(27,28)17-7-5-16(20)6-8-17/h5-8H,3-4,9-15H2,1-2H3,(H,21,25). The molecule has 1 aromatic carbocycles. The first-order valence-electron chi connectivity index (χ1n) is 9.72. The van der Waals surface area contributed by atoms with Gasteiger partial charge in [-0.05, 0) is 30.7 Å². The molecule has 29 heavy (non-hydrogen) atoms. The Hall–Kier alpha value is -1.68. The molecule has 1 heterocycles. The Morgan fingerprint density at radius 2 is 1.76 bits per heavy atom. The number of amides is 2. The average Bonchev–Trinajstić information content (AvgIpc) is 2.69. The monoisotopic (exact) mass is 444 g/mol. The van der Waals surface area contributed by atoms with Gasteiger partial charge in [0.15, 0.2) is 0 Å². The van der Waals surface area contributed by atoms with E-state index in [2.05, 4.69) is 12.2 Å². The summed E-state index contributed by atoms with van der Waals surface area (Å²) in [6.07, 6.45) is 1.99. The van der Waals surface area contributed by atoms with E-state index in [1.54, 1.807) is 4.90 Å². The van der Waals surface area contributed by atoms with Crippen molar-refractivity contribution in [2.75, 3.05) is 52.9 Å². The van der Waals surface area contributed by atoms with Crippen molar-refractivity contribution in [1.82, 2.24) is 19.4 Å². The predicted octanol–water partition coefficient (Wildman–Crippen LogP) is 1.02. The third-order valence-electron chi connectivity index (χ3n) is 4.82. The summed E-state index contributed by atoms with van der Waals surface area (Å²) in [4.78, 5) is 28.2. The van der Waals surface area contributed by atoms with Gasteiger partial charge in [0.2, 0.25) is 21.8 Å². The molecule has 2 amide bonds. The number of hydrogen-bond acceptors (Lipinski definition) is 5. The van der Waals surface area contributed by atoms with Crippen molar-refractivity contribution < 1.29 is 18.0 Å². The molecule has 8 nitrogen and oxygen atoms in total. The summed E-state index contributed by atoms with van der Waals surface area (Å²) in [6, 6.07) is 5.84. The molecule has 0 spiro atoms. The molecule has 0 aromatic heterocycles. The summed E-state index contributed by atoms with van der Waals surface area (Å²) in [7, 11) is -2.38. The Balaban J connectivity index is 1.81. The van der Waals surface area contributed by atoms with Crippen LogP contribution in [-0.2, 0) is 19.6 Å². The zero-order valence-electron chi connectivity index (χ0n) is 16.9. The molecule has 0 radical (unpaired) electrons. The summed E-state index contributed by atoms with van der Waals surface area (Å²) in [6.45, 7) is 4.94. The minimum atomic E-state index is -3.76. The van der Waals surface area contributed by atoms with Crippen molar-refractivity contribution in [3.8, 4) is 0 Å². The number of unbranched alkanes of at least 4 members (excludes halogenated alkanes) is 1. The van der Waals surface area contributed by atoms with Gasteiger partial charge < -0.3 is 10.2 Å². The summed E-state index contributed by atoms with van der Waals surface area (Å²) < 4.78 is 26.3. The first kappa shape index (κ1) is 23.6. The SMILES string of the molecule is CCCCNC(=O)CN1CCN(C(=O)CN(C)S(=O)(=O)c2ccc(Cl)cc2)CC1. The Morgan fingerprint density at radius 3 is 2.34 bits per heavy atom. The van der Waals surface area contributed by atoms with Crippen LogP contribution in [0, 0.1) is 0 Å². The number of carbonyl (C=O) groups excluding carboxylic acids is 2. The topological polar surface area (TPSA) is 90.0 Å². The fourth-order valence-electron chi connectivity index (χ4n) is 2.98. The number of rotatable bonds is 9. The van der Waals surface area contributed by atoms with E-state index in [0.717, 1.165) is 17.1 Å². The van der Waals surface area contributed by atoms with Crippen LogP contribution in [0.2, 0.25) is 5.02 Å². The summed E-state index contributed by atoms with van der Waals surface area (Å²) in [5, 5.41) is 3.33. The van der Waals surface area contributed by atoms with Crippen molar-refractivity contribution >= 4 is 33.4 Å². The predicted molar refractivity (Wildman–Crippen MR) is 112 cm³/mol. The highest BCUT2D eigenvalue weighted by Gasteiger charge is 2.27. The zero-order valence-corrected chi connectivity index (χ0v) is 18.5. The van der Waals surface area contributed by atoms with Crippen LogP contribution < -0.4 is 5.32 Å². The maximum Gasteiger partial charge on any atom is 0.243 e. The fraction of sp³-hybridized carbons (Fsp3) is 0.579. The second kappa shape index (κ2) is 10.9. The van der Waals surface area contributed by atoms with Gasteiger partial charge in [-0.3, -0.25) is 14.5 Å². The first-order chi connectivity index (χ1) is 13.7. The second-order valence-electron chi connectivity index (χ2n) is 7.08. The molecule has 2 rings (SSSR count). The molecular formula is C19H29ClN4O4S. The number of nitrogens with one attached hydrogen (secondary N) is 1. The van der Waals surface area contributed by atoms with Crippen molar-refractivity contribution in [1.29, 1.82) is 0 Å². The smallest absolute Gasteiger partial charge is 0.243 e. The van der Waals surface area contributed by atoms with Gasteiger partial charge in [-0.25, -0.2) is 8.42 Å². The number of carbonyl (C=O) groups is 2. The Bertz CT molecular complexity index is 793. The van der Waals surface area contributed by atoms with E-state index in [1.807, 2.05) is 4.90 Å². The third kappa shape index (κ3) is 6.95. The molecule has 1 aliphatic rings. The van der Waals surface area contributed by atoms with Gasteiger partial charge in [0.25, 0.3) is 0 Å². The molecule has 0 aliphatic carbocycles. The fourth-order valence-corrected chi connectivity index (χ4v) is 4.23. The van der Waals surface area contributed by atoms with E-state index >= 15 is 0 Å². The van der Waals surface area contributed by atoms with Gasteiger partial charge in [0, 0.05) is 44.8 Å². The number of benzene rings is 1. The van der Waals surface area contributed by atoms with Crippen LogP contribution in [0.5, 0.6) is 0 Å². The number of piperazine rings is 1. The van der Waals surface area contributed by atoms with E-state index in [-0.39, 0.29) is 23.3 Å². The largest absolute Gasteiger partial charge is 0.355 e. The number of halogens is 1. The third-order valence-corrected chi connectivity index (χ3v) is 6.89. The van der Waals surface area contributed by atoms with E-state index in [0.29, 0.717) is 44.3 Å². The molecule has 0 saturated carbocycles. The van der Waals surface area contributed by atoms with Crippen LogP contribution in [0.4, 0.5) is 0 Å². The molecule has 0 bridgehead atoms. The van der Waals surface area contributed by atoms with Crippen molar-refractivity contribution in [2.45, 2.75) is 24.7 Å². The van der Waals surface area contributed by atoms with Crippen LogP contribution >= 0.6 is 11.6 Å². The number of hydrogen-bond donors (Lipinski definition) is 1. The second-order valence-corrected chi connectivity index (χ2v) is 9.56. The first-order valence-corrected chi connectivity index (χ1v) is 11.5. The quantitative estimate of drug-likeness (QED) is 0.574. The van der Waals surface area contributed by atoms with Crippen LogP contribution in [0.3, 0.4) is 0 Å². The number of likely N-dealkylation sites (N-methyl/N-ethyl adjacent to an activating group) is 1. The maximum atomic E-state index is 12.6. The van der Waals surface area contributed by atoms with Gasteiger partial charge in [-0.1, -0.05) is 24.9 Å². The van der Waals surface area contributed by atoms with E-state index in [9.17, 15) is 18.0 Å². The van der Waals surface area contributed by atoms with Crippen LogP contribution in [0.25, 0.3) is 0 Å². The lowest BCUT2D eigenvalue weighted by molar-refractivity contribution is -0.133. The lowest BCUT2D eigenvalue weighted by atomic mass is 10.3. The van der Waals surface area contributed by atoms with Gasteiger partial charge in [-0.2, -0.15) is 4.31 Å². The van der Waals surface area contributed by atoms with Crippen molar-refractivity contribution in [2.24, 2.45) is 0 Å².